The second-order valence-corrected chi connectivity index (χ2v) is 5.94. The molecule has 2 aromatic heterocycles. The summed E-state index contributed by atoms with van der Waals surface area (Å²) in [4.78, 5) is 12.7. The number of aliphatic hydroxyl groups is 1. The molecule has 4 atom stereocenters. The van der Waals surface area contributed by atoms with Gasteiger partial charge in [0.15, 0.2) is 17.4 Å². The molecule has 0 aliphatic carbocycles. The van der Waals surface area contributed by atoms with E-state index in [4.69, 9.17) is 19.9 Å². The minimum Gasteiger partial charge on any atom is -0.476 e. The van der Waals surface area contributed by atoms with Crippen molar-refractivity contribution in [2.24, 2.45) is 5.92 Å². The van der Waals surface area contributed by atoms with E-state index in [2.05, 4.69) is 15.0 Å². The Morgan fingerprint density at radius 2 is 2.35 bits per heavy atom. The summed E-state index contributed by atoms with van der Waals surface area (Å²) in [5, 5.41) is 9.70. The number of nitrogens with zero attached hydrogens (tertiary/aromatic N) is 4. The Morgan fingerprint density at radius 1 is 1.52 bits per heavy atom. The van der Waals surface area contributed by atoms with Crippen LogP contribution < -0.4 is 10.5 Å². The van der Waals surface area contributed by atoms with E-state index in [1.54, 1.807) is 10.9 Å². The predicted octanol–water partition coefficient (Wildman–Crippen LogP) is 0.102. The van der Waals surface area contributed by atoms with Gasteiger partial charge in [-0.2, -0.15) is 9.97 Å². The quantitative estimate of drug-likeness (QED) is 0.814. The molecule has 3 N–H and O–H groups in total. The van der Waals surface area contributed by atoms with Crippen LogP contribution in [0.3, 0.4) is 0 Å². The zero-order valence-electron chi connectivity index (χ0n) is 13.0. The standard InChI is InChI=1S/C14H19N5O4/c1-3-21-11-8-10(17-13(15)18-11)19(6-16-8)12-9-7(2)14(4-20,23-12)5-22-9/h6-7,9,12,20H,3-5H2,1-2H3,(H2,15,17,18)/t7-,9+,12+,14-/m0/s1. The van der Waals surface area contributed by atoms with Gasteiger partial charge in [0.05, 0.1) is 26.1 Å². The first-order valence-corrected chi connectivity index (χ1v) is 7.63. The van der Waals surface area contributed by atoms with Gasteiger partial charge in [-0.1, -0.05) is 6.92 Å². The number of aliphatic hydroxyl groups excluding tert-OH is 1. The molecule has 0 spiro atoms. The number of nitrogen functional groups attached to an aromatic ring is 1. The molecule has 4 heterocycles. The highest BCUT2D eigenvalue weighted by molar-refractivity contribution is 5.77. The molecular weight excluding hydrogens is 302 g/mol. The zero-order valence-corrected chi connectivity index (χ0v) is 13.0. The average Bonchev–Trinajstić information content (AvgIpc) is 3.18. The number of hydrogen-bond donors (Lipinski definition) is 2. The first kappa shape index (κ1) is 14.6. The minimum absolute atomic E-state index is 0.0699. The van der Waals surface area contributed by atoms with Crippen molar-refractivity contribution in [2.45, 2.75) is 31.8 Å². The van der Waals surface area contributed by atoms with Crippen molar-refractivity contribution in [2.75, 3.05) is 25.6 Å². The summed E-state index contributed by atoms with van der Waals surface area (Å²) in [5.41, 5.74) is 6.16. The Morgan fingerprint density at radius 3 is 3.04 bits per heavy atom. The summed E-state index contributed by atoms with van der Waals surface area (Å²) in [6.07, 6.45) is 1.03. The lowest BCUT2D eigenvalue weighted by molar-refractivity contribution is -0.183. The zero-order chi connectivity index (χ0) is 16.2. The van der Waals surface area contributed by atoms with Gasteiger partial charge in [-0.15, -0.1) is 0 Å². The van der Waals surface area contributed by atoms with E-state index in [0.717, 1.165) is 0 Å². The van der Waals surface area contributed by atoms with Crippen LogP contribution in [0.15, 0.2) is 6.33 Å². The molecule has 0 radical (unpaired) electrons. The summed E-state index contributed by atoms with van der Waals surface area (Å²) < 4.78 is 19.2. The molecule has 0 unspecified atom stereocenters. The largest absolute Gasteiger partial charge is 0.476 e. The molecule has 2 aliphatic heterocycles. The Balaban J connectivity index is 1.79. The van der Waals surface area contributed by atoms with Gasteiger partial charge in [0.1, 0.15) is 11.7 Å². The topological polar surface area (TPSA) is 118 Å². The van der Waals surface area contributed by atoms with Gasteiger partial charge in [0, 0.05) is 5.92 Å². The first-order chi connectivity index (χ1) is 11.1. The third-order valence-electron chi connectivity index (χ3n) is 4.71. The van der Waals surface area contributed by atoms with Crippen molar-refractivity contribution in [1.82, 2.24) is 19.5 Å². The summed E-state index contributed by atoms with van der Waals surface area (Å²) in [5.74, 6) is 0.528. The van der Waals surface area contributed by atoms with Crippen LogP contribution in [0.5, 0.6) is 5.88 Å². The van der Waals surface area contributed by atoms with Crippen molar-refractivity contribution in [1.29, 1.82) is 0 Å². The Kier molecular flexibility index (Phi) is 3.19. The highest BCUT2D eigenvalue weighted by atomic mass is 16.6. The first-order valence-electron chi connectivity index (χ1n) is 7.63. The van der Waals surface area contributed by atoms with Crippen molar-refractivity contribution < 1.29 is 19.3 Å². The van der Waals surface area contributed by atoms with Gasteiger partial charge in [0.25, 0.3) is 0 Å². The second kappa shape index (κ2) is 5.02. The maximum atomic E-state index is 9.70. The van der Waals surface area contributed by atoms with E-state index in [-0.39, 0.29) is 24.6 Å². The molecule has 0 aromatic carbocycles. The van der Waals surface area contributed by atoms with Crippen molar-refractivity contribution >= 4 is 17.1 Å². The van der Waals surface area contributed by atoms with Crippen LogP contribution in [0, 0.1) is 5.92 Å². The van der Waals surface area contributed by atoms with Gasteiger partial charge < -0.3 is 25.1 Å². The lowest BCUT2D eigenvalue weighted by atomic mass is 9.91. The fraction of sp³-hybridized carbons (Fsp3) is 0.643. The van der Waals surface area contributed by atoms with Crippen LogP contribution in [0.4, 0.5) is 5.95 Å². The van der Waals surface area contributed by atoms with Crippen LogP contribution in [0.25, 0.3) is 11.2 Å². The number of ether oxygens (including phenoxy) is 3. The van der Waals surface area contributed by atoms with Gasteiger partial charge in [-0.25, -0.2) is 4.98 Å². The highest BCUT2D eigenvalue weighted by Crippen LogP contribution is 2.49. The summed E-state index contributed by atoms with van der Waals surface area (Å²) in [6.45, 7) is 4.63. The Hall–Kier alpha value is -1.97. The summed E-state index contributed by atoms with van der Waals surface area (Å²) in [6, 6.07) is 0. The number of anilines is 1. The fourth-order valence-corrected chi connectivity index (χ4v) is 3.36. The second-order valence-electron chi connectivity index (χ2n) is 5.94. The van der Waals surface area contributed by atoms with Gasteiger partial charge in [-0.05, 0) is 6.92 Å². The molecular formula is C14H19N5O4. The van der Waals surface area contributed by atoms with E-state index in [9.17, 15) is 5.11 Å². The molecule has 4 rings (SSSR count). The van der Waals surface area contributed by atoms with Crippen LogP contribution >= 0.6 is 0 Å². The lowest BCUT2D eigenvalue weighted by Crippen LogP contribution is -2.40. The molecule has 2 bridgehead atoms. The molecule has 2 aliphatic rings. The number of nitrogens with two attached hydrogens (primary N) is 1. The molecule has 2 aromatic rings. The number of hydrogen-bond acceptors (Lipinski definition) is 8. The molecule has 0 saturated carbocycles. The summed E-state index contributed by atoms with van der Waals surface area (Å²) >= 11 is 0. The smallest absolute Gasteiger partial charge is 0.247 e. The number of aromatic nitrogens is 4. The molecule has 2 fully saturated rings. The van der Waals surface area contributed by atoms with Gasteiger partial charge in [-0.3, -0.25) is 4.57 Å². The minimum atomic E-state index is -0.673. The lowest BCUT2D eigenvalue weighted by Gasteiger charge is -2.30. The predicted molar refractivity (Wildman–Crippen MR) is 79.7 cm³/mol. The monoisotopic (exact) mass is 321 g/mol. The Labute approximate surface area is 132 Å². The third kappa shape index (κ3) is 1.93. The van der Waals surface area contributed by atoms with Crippen LogP contribution in [0.1, 0.15) is 20.1 Å². The summed E-state index contributed by atoms with van der Waals surface area (Å²) in [7, 11) is 0. The van der Waals surface area contributed by atoms with Crippen molar-refractivity contribution in [3.8, 4) is 5.88 Å². The van der Waals surface area contributed by atoms with Gasteiger partial charge >= 0.3 is 0 Å². The van der Waals surface area contributed by atoms with Gasteiger partial charge in [0.2, 0.25) is 11.8 Å². The van der Waals surface area contributed by atoms with Crippen LogP contribution in [-0.2, 0) is 9.47 Å². The number of rotatable bonds is 4. The van der Waals surface area contributed by atoms with E-state index >= 15 is 0 Å². The van der Waals surface area contributed by atoms with E-state index < -0.39 is 11.8 Å². The maximum absolute atomic E-state index is 9.70. The average molecular weight is 321 g/mol. The fourth-order valence-electron chi connectivity index (χ4n) is 3.36. The Bertz CT molecular complexity index is 750. The molecule has 0 amide bonds. The van der Waals surface area contributed by atoms with Crippen LogP contribution in [-0.4, -0.2) is 56.2 Å². The molecule has 9 nitrogen and oxygen atoms in total. The number of fused-ring (bicyclic) bond motifs is 3. The maximum Gasteiger partial charge on any atom is 0.247 e. The molecule has 2 saturated heterocycles. The third-order valence-corrected chi connectivity index (χ3v) is 4.71. The molecule has 23 heavy (non-hydrogen) atoms. The van der Waals surface area contributed by atoms with Crippen molar-refractivity contribution in [3.63, 3.8) is 0 Å². The van der Waals surface area contributed by atoms with E-state index in [1.165, 1.54) is 0 Å². The van der Waals surface area contributed by atoms with E-state index in [0.29, 0.717) is 30.3 Å². The molecule has 9 heteroatoms. The van der Waals surface area contributed by atoms with Crippen molar-refractivity contribution in [3.05, 3.63) is 6.33 Å². The molecule has 124 valence electrons. The normalized spacial score (nSPS) is 32.7. The number of imidazole rings is 1. The SMILES string of the molecule is CCOc1nc(N)nc2c1ncn2[C@@H]1O[C@@]2(CO)CO[C@@H]1[C@@H]2C. The highest BCUT2D eigenvalue weighted by Gasteiger charge is 2.59. The van der Waals surface area contributed by atoms with E-state index in [1.807, 2.05) is 13.8 Å². The van der Waals surface area contributed by atoms with Crippen LogP contribution in [0.2, 0.25) is 0 Å².